The van der Waals surface area contributed by atoms with Gasteiger partial charge in [0.2, 0.25) is 11.8 Å². The van der Waals surface area contributed by atoms with E-state index in [-0.39, 0.29) is 23.1 Å². The molecule has 2 amide bonds. The van der Waals surface area contributed by atoms with Crippen LogP contribution in [0.25, 0.3) is 0 Å². The zero-order valence-corrected chi connectivity index (χ0v) is 14.6. The van der Waals surface area contributed by atoms with E-state index in [1.165, 1.54) is 0 Å². The molecule has 0 aromatic carbocycles. The monoisotopic (exact) mass is 298 g/mol. The number of unbranched alkanes of at least 4 members (excludes halogenated alkanes) is 3. The summed E-state index contributed by atoms with van der Waals surface area (Å²) >= 11 is 0. The van der Waals surface area contributed by atoms with Crippen LogP contribution in [-0.2, 0) is 9.59 Å². The Labute approximate surface area is 130 Å². The summed E-state index contributed by atoms with van der Waals surface area (Å²) < 4.78 is 0. The van der Waals surface area contributed by atoms with Gasteiger partial charge in [0.1, 0.15) is 0 Å². The zero-order valence-electron chi connectivity index (χ0n) is 14.6. The zero-order chi connectivity index (χ0) is 16.3. The van der Waals surface area contributed by atoms with Crippen molar-refractivity contribution >= 4 is 11.8 Å². The number of hydrogen-bond acceptors (Lipinski definition) is 2. The van der Waals surface area contributed by atoms with Crippen molar-refractivity contribution < 1.29 is 9.59 Å². The number of carbonyl (C=O) groups excluding carboxylic acids is 2. The molecule has 21 heavy (non-hydrogen) atoms. The van der Waals surface area contributed by atoms with Crippen molar-refractivity contribution in [1.29, 1.82) is 0 Å². The second-order valence-electron chi connectivity index (χ2n) is 6.38. The Kier molecular flexibility index (Phi) is 10.1. The van der Waals surface area contributed by atoms with E-state index in [0.29, 0.717) is 0 Å². The van der Waals surface area contributed by atoms with Gasteiger partial charge in [-0.3, -0.25) is 9.59 Å². The molecule has 0 unspecified atom stereocenters. The van der Waals surface area contributed by atoms with Crippen molar-refractivity contribution in [3.63, 3.8) is 0 Å². The fourth-order valence-electron chi connectivity index (χ4n) is 2.01. The highest BCUT2D eigenvalue weighted by molar-refractivity contribution is 5.82. The van der Waals surface area contributed by atoms with Crippen LogP contribution in [0.15, 0.2) is 0 Å². The van der Waals surface area contributed by atoms with Crippen LogP contribution in [0.1, 0.15) is 73.1 Å². The van der Waals surface area contributed by atoms with Gasteiger partial charge in [0, 0.05) is 24.4 Å². The molecule has 0 bridgehead atoms. The lowest BCUT2D eigenvalue weighted by atomic mass is 9.84. The number of nitrogens with one attached hydrogen (secondary N) is 2. The minimum Gasteiger partial charge on any atom is -0.356 e. The Morgan fingerprint density at radius 3 is 1.81 bits per heavy atom. The van der Waals surface area contributed by atoms with Gasteiger partial charge >= 0.3 is 0 Å². The fraction of sp³-hybridized carbons (Fsp3) is 0.882. The first-order chi connectivity index (χ1) is 9.87. The quantitative estimate of drug-likeness (QED) is 0.575. The molecule has 0 atom stereocenters. The van der Waals surface area contributed by atoms with E-state index in [2.05, 4.69) is 24.5 Å². The van der Waals surface area contributed by atoms with Gasteiger partial charge in [-0.05, 0) is 25.7 Å². The van der Waals surface area contributed by atoms with E-state index in [1.807, 2.05) is 20.8 Å². The highest BCUT2D eigenvalue weighted by Crippen LogP contribution is 2.25. The van der Waals surface area contributed by atoms with E-state index in [4.69, 9.17) is 0 Å². The van der Waals surface area contributed by atoms with Crippen LogP contribution in [0.2, 0.25) is 0 Å². The molecule has 124 valence electrons. The molecule has 0 aliphatic heterocycles. The van der Waals surface area contributed by atoms with Crippen LogP contribution < -0.4 is 10.6 Å². The normalized spacial score (nSPS) is 11.5. The van der Waals surface area contributed by atoms with Gasteiger partial charge in [0.15, 0.2) is 0 Å². The highest BCUT2D eigenvalue weighted by Gasteiger charge is 2.28. The summed E-state index contributed by atoms with van der Waals surface area (Å²) in [6.07, 6.45) is 5.96. The first kappa shape index (κ1) is 19.9. The average Bonchev–Trinajstić information content (AvgIpc) is 2.48. The minimum atomic E-state index is -0.221. The van der Waals surface area contributed by atoms with Crippen molar-refractivity contribution in [2.45, 2.75) is 73.1 Å². The smallest absolute Gasteiger partial charge is 0.225 e. The second kappa shape index (κ2) is 10.6. The molecule has 0 fully saturated rings. The molecular weight excluding hydrogens is 264 g/mol. The summed E-state index contributed by atoms with van der Waals surface area (Å²) in [6.45, 7) is 11.5. The first-order valence-corrected chi connectivity index (χ1v) is 8.43. The summed E-state index contributed by atoms with van der Waals surface area (Å²) in [6, 6.07) is 0. The van der Waals surface area contributed by atoms with E-state index in [1.54, 1.807) is 0 Å². The number of carbonyl (C=O) groups is 2. The maximum Gasteiger partial charge on any atom is 0.225 e. The third-order valence-electron chi connectivity index (χ3n) is 4.32. The van der Waals surface area contributed by atoms with Crippen LogP contribution in [0, 0.1) is 11.3 Å². The topological polar surface area (TPSA) is 58.2 Å². The van der Waals surface area contributed by atoms with Crippen LogP contribution in [0.4, 0.5) is 0 Å². The minimum absolute atomic E-state index is 0.0617. The van der Waals surface area contributed by atoms with E-state index < -0.39 is 0 Å². The molecule has 0 spiro atoms. The lowest BCUT2D eigenvalue weighted by Gasteiger charge is -2.25. The van der Waals surface area contributed by atoms with E-state index in [9.17, 15) is 9.59 Å². The van der Waals surface area contributed by atoms with Crippen molar-refractivity contribution in [2.75, 3.05) is 13.1 Å². The van der Waals surface area contributed by atoms with Crippen molar-refractivity contribution in [2.24, 2.45) is 11.3 Å². The van der Waals surface area contributed by atoms with Crippen LogP contribution in [0.3, 0.4) is 0 Å². The van der Waals surface area contributed by atoms with Crippen molar-refractivity contribution in [1.82, 2.24) is 10.6 Å². The van der Waals surface area contributed by atoms with Gasteiger partial charge in [0.25, 0.3) is 0 Å². The van der Waals surface area contributed by atoms with Gasteiger partial charge in [-0.2, -0.15) is 0 Å². The SMILES string of the molecule is CCC(C)(CC)C(=O)NCCCCCCNC(=O)C(C)C. The summed E-state index contributed by atoms with van der Waals surface area (Å²) in [5.41, 5.74) is -0.221. The fourth-order valence-corrected chi connectivity index (χ4v) is 2.01. The molecule has 0 aliphatic carbocycles. The first-order valence-electron chi connectivity index (χ1n) is 8.43. The van der Waals surface area contributed by atoms with Crippen LogP contribution in [-0.4, -0.2) is 24.9 Å². The molecule has 0 saturated heterocycles. The molecule has 0 aromatic rings. The van der Waals surface area contributed by atoms with E-state index in [0.717, 1.165) is 51.6 Å². The molecule has 4 nitrogen and oxygen atoms in total. The molecule has 4 heteroatoms. The summed E-state index contributed by atoms with van der Waals surface area (Å²) in [5.74, 6) is 0.365. The molecule has 0 aromatic heterocycles. The largest absolute Gasteiger partial charge is 0.356 e. The number of amides is 2. The Morgan fingerprint density at radius 1 is 0.905 bits per heavy atom. The highest BCUT2D eigenvalue weighted by atomic mass is 16.2. The molecule has 2 N–H and O–H groups in total. The van der Waals surface area contributed by atoms with Crippen molar-refractivity contribution in [3.05, 3.63) is 0 Å². The molecule has 0 radical (unpaired) electrons. The lowest BCUT2D eigenvalue weighted by Crippen LogP contribution is -2.38. The number of hydrogen-bond donors (Lipinski definition) is 2. The Bertz CT molecular complexity index is 310. The molecule has 0 aliphatic rings. The maximum absolute atomic E-state index is 12.0. The summed E-state index contributed by atoms with van der Waals surface area (Å²) in [7, 11) is 0. The predicted octanol–water partition coefficient (Wildman–Crippen LogP) is 3.26. The molecule has 0 heterocycles. The van der Waals surface area contributed by atoms with Gasteiger partial charge in [-0.15, -0.1) is 0 Å². The third kappa shape index (κ3) is 8.08. The van der Waals surface area contributed by atoms with Gasteiger partial charge in [0.05, 0.1) is 0 Å². The Hall–Kier alpha value is -1.06. The third-order valence-corrected chi connectivity index (χ3v) is 4.32. The number of rotatable bonds is 11. The van der Waals surface area contributed by atoms with Gasteiger partial charge < -0.3 is 10.6 Å². The predicted molar refractivity (Wildman–Crippen MR) is 88.0 cm³/mol. The second-order valence-corrected chi connectivity index (χ2v) is 6.38. The molecule has 0 rings (SSSR count). The Balaban J connectivity index is 3.57. The van der Waals surface area contributed by atoms with Gasteiger partial charge in [-0.25, -0.2) is 0 Å². The summed E-state index contributed by atoms with van der Waals surface area (Å²) in [4.78, 5) is 23.4. The van der Waals surface area contributed by atoms with Crippen molar-refractivity contribution in [3.8, 4) is 0 Å². The van der Waals surface area contributed by atoms with E-state index >= 15 is 0 Å². The summed E-state index contributed by atoms with van der Waals surface area (Å²) in [5, 5.41) is 5.96. The van der Waals surface area contributed by atoms with Crippen LogP contribution in [0.5, 0.6) is 0 Å². The van der Waals surface area contributed by atoms with Crippen LogP contribution >= 0.6 is 0 Å². The van der Waals surface area contributed by atoms with Gasteiger partial charge in [-0.1, -0.05) is 47.5 Å². The maximum atomic E-state index is 12.0. The lowest BCUT2D eigenvalue weighted by molar-refractivity contribution is -0.130. The Morgan fingerprint density at radius 2 is 1.38 bits per heavy atom. The average molecular weight is 298 g/mol. The standard InChI is InChI=1S/C17H34N2O2/c1-6-17(5,7-2)16(21)19-13-11-9-8-10-12-18-15(20)14(3)4/h14H,6-13H2,1-5H3,(H,18,20)(H,19,21). The molecule has 0 saturated carbocycles. The molecular formula is C17H34N2O2.